The van der Waals surface area contributed by atoms with E-state index < -0.39 is 0 Å². The maximum atomic E-state index is 8.95. The molecule has 0 bridgehead atoms. The minimum absolute atomic E-state index is 0.00215. The van der Waals surface area contributed by atoms with E-state index in [4.69, 9.17) is 10.00 Å². The predicted molar refractivity (Wildman–Crippen MR) is 59.5 cm³/mol. The Morgan fingerprint density at radius 2 is 2.27 bits per heavy atom. The van der Waals surface area contributed by atoms with Crippen LogP contribution in [0.3, 0.4) is 0 Å². The van der Waals surface area contributed by atoms with E-state index in [9.17, 15) is 0 Å². The zero-order valence-corrected chi connectivity index (χ0v) is 9.92. The van der Waals surface area contributed by atoms with Gasteiger partial charge < -0.3 is 10.1 Å². The summed E-state index contributed by atoms with van der Waals surface area (Å²) < 4.78 is 5.65. The molecule has 4 nitrogen and oxygen atoms in total. The largest absolute Gasteiger partial charge is 0.375 e. The maximum Gasteiger partial charge on any atom is 0.110 e. The van der Waals surface area contributed by atoms with Gasteiger partial charge in [0.2, 0.25) is 0 Å². The Morgan fingerprint density at radius 1 is 1.53 bits per heavy atom. The zero-order valence-electron chi connectivity index (χ0n) is 9.92. The van der Waals surface area contributed by atoms with Crippen molar-refractivity contribution in [1.82, 2.24) is 10.2 Å². The van der Waals surface area contributed by atoms with Crippen molar-refractivity contribution in [2.24, 2.45) is 0 Å². The minimum atomic E-state index is -0.0871. The maximum absolute atomic E-state index is 8.95. The van der Waals surface area contributed by atoms with Gasteiger partial charge in [0.1, 0.15) is 6.04 Å². The van der Waals surface area contributed by atoms with Gasteiger partial charge in [-0.05, 0) is 20.8 Å². The van der Waals surface area contributed by atoms with Gasteiger partial charge in [-0.1, -0.05) is 0 Å². The molecule has 1 fully saturated rings. The van der Waals surface area contributed by atoms with Gasteiger partial charge in [-0.25, -0.2) is 0 Å². The van der Waals surface area contributed by atoms with Crippen LogP contribution in [0.4, 0.5) is 0 Å². The third-order valence-electron chi connectivity index (χ3n) is 2.42. The van der Waals surface area contributed by atoms with Crippen LogP contribution >= 0.6 is 0 Å². The summed E-state index contributed by atoms with van der Waals surface area (Å²) in [5.74, 6) is 0. The van der Waals surface area contributed by atoms with Crippen molar-refractivity contribution >= 4 is 0 Å². The summed E-state index contributed by atoms with van der Waals surface area (Å²) >= 11 is 0. The Kier molecular flexibility index (Phi) is 4.52. The second-order valence-corrected chi connectivity index (χ2v) is 4.85. The fourth-order valence-electron chi connectivity index (χ4n) is 1.61. The molecule has 1 saturated heterocycles. The van der Waals surface area contributed by atoms with Gasteiger partial charge in [-0.3, -0.25) is 4.90 Å². The van der Waals surface area contributed by atoms with Gasteiger partial charge in [0.05, 0.1) is 18.3 Å². The first-order valence-electron chi connectivity index (χ1n) is 5.51. The molecule has 0 aromatic carbocycles. The second kappa shape index (κ2) is 5.45. The van der Waals surface area contributed by atoms with Crippen molar-refractivity contribution in [1.29, 1.82) is 5.26 Å². The monoisotopic (exact) mass is 211 g/mol. The van der Waals surface area contributed by atoms with E-state index >= 15 is 0 Å². The molecule has 4 heteroatoms. The van der Waals surface area contributed by atoms with Crippen LogP contribution in [0.5, 0.6) is 0 Å². The van der Waals surface area contributed by atoms with Crippen molar-refractivity contribution in [3.63, 3.8) is 0 Å². The van der Waals surface area contributed by atoms with Crippen molar-refractivity contribution in [3.8, 4) is 6.07 Å². The third-order valence-corrected chi connectivity index (χ3v) is 2.42. The molecule has 0 aromatic rings. The summed E-state index contributed by atoms with van der Waals surface area (Å²) in [6.45, 7) is 10.4. The Hall–Kier alpha value is -0.630. The van der Waals surface area contributed by atoms with E-state index in [1.807, 2.05) is 20.8 Å². The zero-order chi connectivity index (χ0) is 11.3. The fourth-order valence-corrected chi connectivity index (χ4v) is 1.61. The molecule has 0 radical (unpaired) electrons. The molecule has 0 aromatic heterocycles. The first kappa shape index (κ1) is 12.4. The third kappa shape index (κ3) is 4.61. The molecule has 0 aliphatic carbocycles. The molecule has 1 heterocycles. The lowest BCUT2D eigenvalue weighted by atomic mass is 10.2. The summed E-state index contributed by atoms with van der Waals surface area (Å²) in [5.41, 5.74) is -0.0871. The predicted octanol–water partition coefficient (Wildman–Crippen LogP) is 0.599. The van der Waals surface area contributed by atoms with E-state index in [0.717, 1.165) is 26.2 Å². The molecule has 1 aliphatic heterocycles. The Morgan fingerprint density at radius 3 is 2.87 bits per heavy atom. The highest BCUT2D eigenvalue weighted by Gasteiger charge is 2.21. The lowest BCUT2D eigenvalue weighted by molar-refractivity contribution is -0.0168. The molecule has 0 amide bonds. The molecule has 0 spiro atoms. The van der Waals surface area contributed by atoms with Gasteiger partial charge in [-0.15, -0.1) is 0 Å². The van der Waals surface area contributed by atoms with E-state index in [0.29, 0.717) is 6.61 Å². The summed E-state index contributed by atoms with van der Waals surface area (Å²) in [5, 5.41) is 12.2. The van der Waals surface area contributed by atoms with Gasteiger partial charge in [-0.2, -0.15) is 5.26 Å². The Balaban J connectivity index is 2.27. The van der Waals surface area contributed by atoms with Crippen LogP contribution in [-0.4, -0.2) is 49.3 Å². The molecule has 0 saturated carbocycles. The highest BCUT2D eigenvalue weighted by molar-refractivity contribution is 4.96. The molecule has 1 unspecified atom stereocenters. The Labute approximate surface area is 92.2 Å². The normalized spacial score (nSPS) is 23.7. The number of nitrogens with one attached hydrogen (secondary N) is 1. The molecular weight excluding hydrogens is 190 g/mol. The highest BCUT2D eigenvalue weighted by atomic mass is 16.5. The van der Waals surface area contributed by atoms with E-state index in [1.54, 1.807) is 0 Å². The lowest BCUT2D eigenvalue weighted by Gasteiger charge is -2.32. The Bertz CT molecular complexity index is 229. The molecule has 86 valence electrons. The average Bonchev–Trinajstić information content (AvgIpc) is 2.16. The standard InChI is InChI=1S/C11H21N3O/c1-11(2,3)15-7-6-14-5-4-13-9-10(14)8-12/h10,13H,4-7,9H2,1-3H3. The van der Waals surface area contributed by atoms with Crippen LogP contribution in [0.15, 0.2) is 0 Å². The number of hydrogen-bond acceptors (Lipinski definition) is 4. The van der Waals surface area contributed by atoms with Crippen LogP contribution in [0.2, 0.25) is 0 Å². The summed E-state index contributed by atoms with van der Waals surface area (Å²) in [6, 6.07) is 2.31. The van der Waals surface area contributed by atoms with Crippen molar-refractivity contribution in [2.75, 3.05) is 32.8 Å². The number of ether oxygens (including phenoxy) is 1. The first-order chi connectivity index (χ1) is 7.03. The summed E-state index contributed by atoms with van der Waals surface area (Å²) in [7, 11) is 0. The van der Waals surface area contributed by atoms with Gasteiger partial charge in [0.15, 0.2) is 0 Å². The summed E-state index contributed by atoms with van der Waals surface area (Å²) in [6.07, 6.45) is 0. The SMILES string of the molecule is CC(C)(C)OCCN1CCNCC1C#N. The minimum Gasteiger partial charge on any atom is -0.375 e. The number of hydrogen-bond donors (Lipinski definition) is 1. The molecule has 15 heavy (non-hydrogen) atoms. The van der Waals surface area contributed by atoms with Crippen LogP contribution in [0, 0.1) is 11.3 Å². The van der Waals surface area contributed by atoms with Gasteiger partial charge >= 0.3 is 0 Å². The molecule has 1 atom stereocenters. The van der Waals surface area contributed by atoms with E-state index in [2.05, 4.69) is 16.3 Å². The second-order valence-electron chi connectivity index (χ2n) is 4.85. The molecule has 1 aliphatic rings. The summed E-state index contributed by atoms with van der Waals surface area (Å²) in [4.78, 5) is 2.18. The van der Waals surface area contributed by atoms with Crippen LogP contribution in [-0.2, 0) is 4.74 Å². The topological polar surface area (TPSA) is 48.3 Å². The van der Waals surface area contributed by atoms with Gasteiger partial charge in [0, 0.05) is 26.2 Å². The van der Waals surface area contributed by atoms with Crippen LogP contribution in [0.25, 0.3) is 0 Å². The van der Waals surface area contributed by atoms with Crippen molar-refractivity contribution < 1.29 is 4.74 Å². The smallest absolute Gasteiger partial charge is 0.110 e. The quantitative estimate of drug-likeness (QED) is 0.742. The van der Waals surface area contributed by atoms with Gasteiger partial charge in [0.25, 0.3) is 0 Å². The molecule has 1 N–H and O–H groups in total. The number of rotatable bonds is 3. The highest BCUT2D eigenvalue weighted by Crippen LogP contribution is 2.08. The van der Waals surface area contributed by atoms with E-state index in [-0.39, 0.29) is 11.6 Å². The fraction of sp³-hybridized carbons (Fsp3) is 0.909. The van der Waals surface area contributed by atoms with Crippen molar-refractivity contribution in [3.05, 3.63) is 0 Å². The molecule has 1 rings (SSSR count). The van der Waals surface area contributed by atoms with Crippen LogP contribution < -0.4 is 5.32 Å². The number of nitriles is 1. The van der Waals surface area contributed by atoms with Crippen LogP contribution in [0.1, 0.15) is 20.8 Å². The number of nitrogens with zero attached hydrogens (tertiary/aromatic N) is 2. The number of piperazine rings is 1. The van der Waals surface area contributed by atoms with Crippen molar-refractivity contribution in [2.45, 2.75) is 32.4 Å². The van der Waals surface area contributed by atoms with E-state index in [1.165, 1.54) is 0 Å². The first-order valence-corrected chi connectivity index (χ1v) is 5.51. The molecular formula is C11H21N3O. The average molecular weight is 211 g/mol. The lowest BCUT2D eigenvalue weighted by Crippen LogP contribution is -2.51.